The van der Waals surface area contributed by atoms with Gasteiger partial charge in [-0.25, -0.2) is 4.79 Å². The Kier molecular flexibility index (Phi) is 7.08. The Hall–Kier alpha value is -1.79. The minimum atomic E-state index is -0.168. The lowest BCUT2D eigenvalue weighted by molar-refractivity contribution is 0.145. The lowest BCUT2D eigenvalue weighted by Gasteiger charge is -2.34. The van der Waals surface area contributed by atoms with Crippen LogP contribution in [0.2, 0.25) is 0 Å². The third-order valence-electron chi connectivity index (χ3n) is 4.30. The number of carbonyl (C=O) groups excluding carboxylic acids is 1. The van der Waals surface area contributed by atoms with Gasteiger partial charge < -0.3 is 20.3 Å². The van der Waals surface area contributed by atoms with E-state index in [-0.39, 0.29) is 18.2 Å². The number of hydrogen-bond acceptors (Lipinski definition) is 4. The lowest BCUT2D eigenvalue weighted by Crippen LogP contribution is -2.50. The van der Waals surface area contributed by atoms with E-state index in [1.807, 2.05) is 45.9 Å². The normalized spacial score (nSPS) is 17.4. The number of carbonyl (C=O) groups is 1. The number of ether oxygens (including phenoxy) is 1. The summed E-state index contributed by atoms with van der Waals surface area (Å²) in [4.78, 5) is 16.9. The smallest absolute Gasteiger partial charge is 0.319 e. The number of amides is 2. The molecule has 0 saturated carbocycles. The molecular formula is C19H32N4O2. The van der Waals surface area contributed by atoms with Crippen LogP contribution in [0.15, 0.2) is 18.2 Å². The van der Waals surface area contributed by atoms with Crippen LogP contribution in [-0.4, -0.2) is 67.7 Å². The SMILES string of the molecule is Cc1cc(NC(=O)NC(C)CN2CCN(C)CC2)ccc1OC(C)C. The number of rotatable bonds is 6. The average Bonchev–Trinajstić information content (AvgIpc) is 2.51. The highest BCUT2D eigenvalue weighted by molar-refractivity contribution is 5.89. The van der Waals surface area contributed by atoms with E-state index in [1.165, 1.54) is 0 Å². The summed E-state index contributed by atoms with van der Waals surface area (Å²) >= 11 is 0. The molecule has 0 spiro atoms. The summed E-state index contributed by atoms with van der Waals surface area (Å²) in [6.45, 7) is 13.2. The second-order valence-electron chi connectivity index (χ2n) is 7.25. The predicted molar refractivity (Wildman–Crippen MR) is 102 cm³/mol. The number of nitrogens with one attached hydrogen (secondary N) is 2. The summed E-state index contributed by atoms with van der Waals surface area (Å²) in [5, 5.41) is 5.92. The Balaban J connectivity index is 1.80. The zero-order valence-corrected chi connectivity index (χ0v) is 16.1. The van der Waals surface area contributed by atoms with Gasteiger partial charge in [-0.05, 0) is 58.5 Å². The van der Waals surface area contributed by atoms with Crippen molar-refractivity contribution in [1.82, 2.24) is 15.1 Å². The molecule has 1 aromatic rings. The molecule has 0 aromatic heterocycles. The molecule has 0 radical (unpaired) electrons. The fourth-order valence-electron chi connectivity index (χ4n) is 2.97. The van der Waals surface area contributed by atoms with Gasteiger partial charge >= 0.3 is 6.03 Å². The van der Waals surface area contributed by atoms with Crippen molar-refractivity contribution in [2.75, 3.05) is 45.1 Å². The van der Waals surface area contributed by atoms with Crippen LogP contribution < -0.4 is 15.4 Å². The number of likely N-dealkylation sites (N-methyl/N-ethyl adjacent to an activating group) is 1. The maximum atomic E-state index is 12.2. The van der Waals surface area contributed by atoms with Crippen LogP contribution in [0.5, 0.6) is 5.75 Å². The molecule has 140 valence electrons. The highest BCUT2D eigenvalue weighted by Gasteiger charge is 2.17. The van der Waals surface area contributed by atoms with Crippen molar-refractivity contribution in [3.63, 3.8) is 0 Å². The molecular weight excluding hydrogens is 316 g/mol. The van der Waals surface area contributed by atoms with Gasteiger partial charge in [0.2, 0.25) is 0 Å². The van der Waals surface area contributed by atoms with Crippen molar-refractivity contribution in [3.05, 3.63) is 23.8 Å². The zero-order valence-electron chi connectivity index (χ0n) is 16.1. The number of anilines is 1. The van der Waals surface area contributed by atoms with Crippen molar-refractivity contribution in [1.29, 1.82) is 0 Å². The molecule has 1 saturated heterocycles. The molecule has 0 aliphatic carbocycles. The number of urea groups is 1. The molecule has 1 unspecified atom stereocenters. The van der Waals surface area contributed by atoms with E-state index < -0.39 is 0 Å². The van der Waals surface area contributed by atoms with Gasteiger partial charge in [0.25, 0.3) is 0 Å². The van der Waals surface area contributed by atoms with Crippen LogP contribution in [0, 0.1) is 6.92 Å². The lowest BCUT2D eigenvalue weighted by atomic mass is 10.2. The van der Waals surface area contributed by atoms with E-state index in [1.54, 1.807) is 0 Å². The van der Waals surface area contributed by atoms with Crippen molar-refractivity contribution < 1.29 is 9.53 Å². The Labute approximate surface area is 151 Å². The second-order valence-corrected chi connectivity index (χ2v) is 7.25. The van der Waals surface area contributed by atoms with Crippen LogP contribution in [-0.2, 0) is 0 Å². The van der Waals surface area contributed by atoms with Gasteiger partial charge in [0.15, 0.2) is 0 Å². The third kappa shape index (κ3) is 6.55. The average molecular weight is 348 g/mol. The van der Waals surface area contributed by atoms with Gasteiger partial charge in [-0.15, -0.1) is 0 Å². The number of hydrogen-bond donors (Lipinski definition) is 2. The molecule has 2 rings (SSSR count). The second kappa shape index (κ2) is 9.06. The molecule has 1 aliphatic heterocycles. The number of piperazine rings is 1. The fraction of sp³-hybridized carbons (Fsp3) is 0.632. The summed E-state index contributed by atoms with van der Waals surface area (Å²) in [6, 6.07) is 5.64. The highest BCUT2D eigenvalue weighted by atomic mass is 16.5. The number of nitrogens with zero attached hydrogens (tertiary/aromatic N) is 2. The van der Waals surface area contributed by atoms with Crippen molar-refractivity contribution in [2.24, 2.45) is 0 Å². The molecule has 1 heterocycles. The molecule has 25 heavy (non-hydrogen) atoms. The topological polar surface area (TPSA) is 56.8 Å². The van der Waals surface area contributed by atoms with Gasteiger partial charge in [0.05, 0.1) is 6.10 Å². The van der Waals surface area contributed by atoms with Crippen LogP contribution in [0.4, 0.5) is 10.5 Å². The van der Waals surface area contributed by atoms with Gasteiger partial charge in [0, 0.05) is 44.5 Å². The van der Waals surface area contributed by atoms with Crippen LogP contribution in [0.25, 0.3) is 0 Å². The predicted octanol–water partition coefficient (Wildman–Crippen LogP) is 2.54. The van der Waals surface area contributed by atoms with Crippen molar-refractivity contribution >= 4 is 11.7 Å². The first-order valence-electron chi connectivity index (χ1n) is 9.09. The largest absolute Gasteiger partial charge is 0.491 e. The summed E-state index contributed by atoms with van der Waals surface area (Å²) in [5.41, 5.74) is 1.79. The Morgan fingerprint density at radius 3 is 2.48 bits per heavy atom. The summed E-state index contributed by atoms with van der Waals surface area (Å²) < 4.78 is 5.72. The molecule has 2 N–H and O–H groups in total. The maximum Gasteiger partial charge on any atom is 0.319 e. The van der Waals surface area contributed by atoms with Gasteiger partial charge in [-0.3, -0.25) is 4.90 Å². The van der Waals surface area contributed by atoms with Crippen LogP contribution >= 0.6 is 0 Å². The monoisotopic (exact) mass is 348 g/mol. The van der Waals surface area contributed by atoms with E-state index in [2.05, 4.69) is 27.5 Å². The first-order valence-corrected chi connectivity index (χ1v) is 9.09. The van der Waals surface area contributed by atoms with Crippen molar-refractivity contribution in [3.8, 4) is 5.75 Å². The molecule has 1 aromatic carbocycles. The van der Waals surface area contributed by atoms with E-state index in [4.69, 9.17) is 4.74 Å². The summed E-state index contributed by atoms with van der Waals surface area (Å²) in [6.07, 6.45) is 0.135. The van der Waals surface area contributed by atoms with Gasteiger partial charge in [-0.1, -0.05) is 0 Å². The van der Waals surface area contributed by atoms with E-state index >= 15 is 0 Å². The standard InChI is InChI=1S/C19H32N4O2/c1-14(2)25-18-7-6-17(12-15(18)3)21-19(24)20-16(4)13-23-10-8-22(5)9-11-23/h6-7,12,14,16H,8-11,13H2,1-5H3,(H2,20,21,24). The minimum Gasteiger partial charge on any atom is -0.491 e. The molecule has 1 aliphatic rings. The molecule has 6 nitrogen and oxygen atoms in total. The zero-order chi connectivity index (χ0) is 18.4. The molecule has 2 amide bonds. The van der Waals surface area contributed by atoms with Crippen LogP contribution in [0.1, 0.15) is 26.3 Å². The number of benzene rings is 1. The van der Waals surface area contributed by atoms with E-state index in [0.717, 1.165) is 49.7 Å². The summed E-state index contributed by atoms with van der Waals surface area (Å²) in [5.74, 6) is 0.851. The Morgan fingerprint density at radius 2 is 1.88 bits per heavy atom. The Bertz CT molecular complexity index is 569. The third-order valence-corrected chi connectivity index (χ3v) is 4.30. The molecule has 1 fully saturated rings. The first kappa shape index (κ1) is 19.5. The molecule has 0 bridgehead atoms. The van der Waals surface area contributed by atoms with Crippen molar-refractivity contribution in [2.45, 2.75) is 39.8 Å². The van der Waals surface area contributed by atoms with E-state index in [9.17, 15) is 4.79 Å². The van der Waals surface area contributed by atoms with Crippen LogP contribution in [0.3, 0.4) is 0 Å². The maximum absolute atomic E-state index is 12.2. The number of aryl methyl sites for hydroxylation is 1. The highest BCUT2D eigenvalue weighted by Crippen LogP contribution is 2.22. The summed E-state index contributed by atoms with van der Waals surface area (Å²) in [7, 11) is 2.14. The first-order chi connectivity index (χ1) is 11.8. The quantitative estimate of drug-likeness (QED) is 0.829. The van der Waals surface area contributed by atoms with Gasteiger partial charge in [-0.2, -0.15) is 0 Å². The molecule has 6 heteroatoms. The van der Waals surface area contributed by atoms with Gasteiger partial charge in [0.1, 0.15) is 5.75 Å². The Morgan fingerprint density at radius 1 is 1.20 bits per heavy atom. The van der Waals surface area contributed by atoms with E-state index in [0.29, 0.717) is 0 Å². The fourth-order valence-corrected chi connectivity index (χ4v) is 2.97. The molecule has 1 atom stereocenters. The minimum absolute atomic E-state index is 0.105.